The van der Waals surface area contributed by atoms with E-state index in [1.807, 2.05) is 0 Å². The molecule has 0 saturated carbocycles. The Kier molecular flexibility index (Phi) is 7.33. The zero-order valence-corrected chi connectivity index (χ0v) is 20.1. The number of ketones is 1. The van der Waals surface area contributed by atoms with Gasteiger partial charge in [-0.25, -0.2) is 9.59 Å². The molecule has 0 bridgehead atoms. The van der Waals surface area contributed by atoms with E-state index >= 15 is 0 Å². The maximum absolute atomic E-state index is 13.4. The van der Waals surface area contributed by atoms with Crippen LogP contribution in [0.4, 0.5) is 0 Å². The summed E-state index contributed by atoms with van der Waals surface area (Å²) in [5, 5.41) is 0.591. The van der Waals surface area contributed by atoms with Crippen LogP contribution in [0.5, 0.6) is 0 Å². The Labute approximate surface area is 196 Å². The van der Waals surface area contributed by atoms with Crippen LogP contribution in [0.1, 0.15) is 35.5 Å². The van der Waals surface area contributed by atoms with Crippen LogP contribution in [0, 0.1) is 0 Å². The van der Waals surface area contributed by atoms with Gasteiger partial charge in [0, 0.05) is 21.8 Å². The highest BCUT2D eigenvalue weighted by Crippen LogP contribution is 2.35. The Bertz CT molecular complexity index is 1100. The molecular formula is C23H20Br2O6. The third kappa shape index (κ3) is 4.75. The summed E-state index contributed by atoms with van der Waals surface area (Å²) >= 11 is 6.59. The zero-order valence-electron chi connectivity index (χ0n) is 16.9. The highest BCUT2D eigenvalue weighted by Gasteiger charge is 2.48. The fraction of sp³-hybridized carbons (Fsp3) is 0.261. The number of benzene rings is 2. The van der Waals surface area contributed by atoms with E-state index in [0.717, 1.165) is 4.47 Å². The largest absolute Gasteiger partial charge is 0.464 e. The fourth-order valence-corrected chi connectivity index (χ4v) is 3.90. The van der Waals surface area contributed by atoms with Crippen molar-refractivity contribution >= 4 is 60.6 Å². The summed E-state index contributed by atoms with van der Waals surface area (Å²) in [4.78, 5) is 38.8. The number of fused-ring (bicyclic) bond motifs is 1. The first-order chi connectivity index (χ1) is 14.8. The highest BCUT2D eigenvalue weighted by atomic mass is 79.9. The number of rotatable bonds is 8. The number of furan rings is 1. The molecule has 0 fully saturated rings. The molecule has 3 rings (SSSR count). The van der Waals surface area contributed by atoms with E-state index in [9.17, 15) is 14.4 Å². The van der Waals surface area contributed by atoms with E-state index in [1.54, 1.807) is 62.4 Å². The molecule has 0 spiro atoms. The minimum Gasteiger partial charge on any atom is -0.464 e. The van der Waals surface area contributed by atoms with Gasteiger partial charge in [0.05, 0.1) is 18.8 Å². The number of esters is 2. The lowest BCUT2D eigenvalue weighted by Gasteiger charge is -2.22. The van der Waals surface area contributed by atoms with Crippen LogP contribution in [-0.2, 0) is 25.5 Å². The smallest absolute Gasteiger partial charge is 0.334 e. The predicted molar refractivity (Wildman–Crippen MR) is 122 cm³/mol. The quantitative estimate of drug-likeness (QED) is 0.165. The van der Waals surface area contributed by atoms with Gasteiger partial charge in [0.25, 0.3) is 0 Å². The molecule has 1 aromatic heterocycles. The Hall–Kier alpha value is -2.45. The number of halogens is 2. The van der Waals surface area contributed by atoms with Gasteiger partial charge in [-0.15, -0.1) is 0 Å². The average molecular weight is 552 g/mol. The average Bonchev–Trinajstić information content (AvgIpc) is 3.11. The molecule has 0 unspecified atom stereocenters. The first-order valence-corrected chi connectivity index (χ1v) is 11.2. The summed E-state index contributed by atoms with van der Waals surface area (Å²) in [6, 6.07) is 14.0. The zero-order chi connectivity index (χ0) is 22.6. The predicted octanol–water partition coefficient (Wildman–Crippen LogP) is 5.23. The summed E-state index contributed by atoms with van der Waals surface area (Å²) in [5.41, 5.74) is 1.21. The second kappa shape index (κ2) is 9.78. The Balaban J connectivity index is 2.13. The van der Waals surface area contributed by atoms with Crippen LogP contribution >= 0.6 is 31.9 Å². The van der Waals surface area contributed by atoms with Gasteiger partial charge >= 0.3 is 11.9 Å². The van der Waals surface area contributed by atoms with E-state index in [4.69, 9.17) is 13.9 Å². The number of alkyl halides is 1. The van der Waals surface area contributed by atoms with Gasteiger partial charge in [-0.05, 0) is 44.2 Å². The number of hydrogen-bond donors (Lipinski definition) is 0. The number of para-hydroxylation sites is 1. The molecule has 3 aromatic rings. The van der Waals surface area contributed by atoms with Gasteiger partial charge in [-0.2, -0.15) is 0 Å². The van der Waals surface area contributed by atoms with Gasteiger partial charge in [0.15, 0.2) is 5.78 Å². The lowest BCUT2D eigenvalue weighted by molar-refractivity contribution is -0.158. The molecule has 31 heavy (non-hydrogen) atoms. The van der Waals surface area contributed by atoms with Crippen LogP contribution in [0.3, 0.4) is 0 Å². The first kappa shape index (κ1) is 23.2. The fourth-order valence-electron chi connectivity index (χ4n) is 3.16. The monoisotopic (exact) mass is 550 g/mol. The van der Waals surface area contributed by atoms with Crippen molar-refractivity contribution in [3.63, 3.8) is 0 Å². The van der Waals surface area contributed by atoms with Gasteiger partial charge < -0.3 is 13.9 Å². The number of carbonyl (C=O) groups is 3. The minimum absolute atomic E-state index is 0.0798. The second-order valence-corrected chi connectivity index (χ2v) is 8.92. The molecule has 162 valence electrons. The minimum atomic E-state index is -1.85. The van der Waals surface area contributed by atoms with Gasteiger partial charge in [-0.1, -0.05) is 50.1 Å². The lowest BCUT2D eigenvalue weighted by Crippen LogP contribution is -2.45. The maximum atomic E-state index is 13.4. The molecule has 0 aliphatic carbocycles. The molecule has 8 heteroatoms. The van der Waals surface area contributed by atoms with Gasteiger partial charge in [0.1, 0.15) is 11.3 Å². The van der Waals surface area contributed by atoms with Gasteiger partial charge in [0.2, 0.25) is 4.32 Å². The molecule has 0 aliphatic heterocycles. The normalized spacial score (nSPS) is 11.4. The van der Waals surface area contributed by atoms with E-state index in [-0.39, 0.29) is 36.7 Å². The topological polar surface area (TPSA) is 82.8 Å². The van der Waals surface area contributed by atoms with Crippen LogP contribution < -0.4 is 0 Å². The Morgan fingerprint density at radius 1 is 0.935 bits per heavy atom. The Morgan fingerprint density at radius 2 is 1.52 bits per heavy atom. The molecule has 0 atom stereocenters. The number of hydrogen-bond acceptors (Lipinski definition) is 6. The van der Waals surface area contributed by atoms with Crippen molar-refractivity contribution in [2.24, 2.45) is 0 Å². The highest BCUT2D eigenvalue weighted by molar-refractivity contribution is 9.10. The van der Waals surface area contributed by atoms with Crippen molar-refractivity contribution in [2.45, 2.75) is 24.6 Å². The maximum Gasteiger partial charge on any atom is 0.334 e. The first-order valence-electron chi connectivity index (χ1n) is 9.65. The van der Waals surface area contributed by atoms with Crippen LogP contribution in [0.15, 0.2) is 57.4 Å². The van der Waals surface area contributed by atoms with Crippen molar-refractivity contribution in [2.75, 3.05) is 13.2 Å². The number of carbonyl (C=O) groups excluding carboxylic acids is 3. The molecule has 0 saturated heterocycles. The van der Waals surface area contributed by atoms with E-state index in [1.165, 1.54) is 0 Å². The van der Waals surface area contributed by atoms with Crippen molar-refractivity contribution in [3.8, 4) is 0 Å². The van der Waals surface area contributed by atoms with Crippen LogP contribution in [-0.4, -0.2) is 35.3 Å². The lowest BCUT2D eigenvalue weighted by atomic mass is 9.95. The molecule has 2 aromatic carbocycles. The molecule has 0 aliphatic rings. The van der Waals surface area contributed by atoms with Gasteiger partial charge in [-0.3, -0.25) is 4.79 Å². The summed E-state index contributed by atoms with van der Waals surface area (Å²) in [6.07, 6.45) is -0.253. The molecule has 0 N–H and O–H groups in total. The summed E-state index contributed by atoms with van der Waals surface area (Å²) < 4.78 is 15.1. The van der Waals surface area contributed by atoms with Crippen molar-refractivity contribution in [1.29, 1.82) is 0 Å². The molecular weight excluding hydrogens is 532 g/mol. The van der Waals surface area contributed by atoms with E-state index < -0.39 is 16.3 Å². The second-order valence-electron chi connectivity index (χ2n) is 6.65. The van der Waals surface area contributed by atoms with E-state index in [2.05, 4.69) is 31.9 Å². The van der Waals surface area contributed by atoms with Crippen LogP contribution in [0.25, 0.3) is 11.0 Å². The number of ether oxygens (including phenoxy) is 2. The Morgan fingerprint density at radius 3 is 2.10 bits per heavy atom. The summed E-state index contributed by atoms with van der Waals surface area (Å²) in [6.45, 7) is 3.44. The molecule has 1 heterocycles. The van der Waals surface area contributed by atoms with E-state index in [0.29, 0.717) is 16.5 Å². The SMILES string of the molecule is CCOC(=O)C(Br)(Cc1oc2ccccc2c1C(=O)c1ccc(Br)cc1)C(=O)OCC. The van der Waals surface area contributed by atoms with Crippen molar-refractivity contribution in [1.82, 2.24) is 0 Å². The molecule has 0 radical (unpaired) electrons. The third-order valence-electron chi connectivity index (χ3n) is 4.60. The van der Waals surface area contributed by atoms with Crippen LogP contribution in [0.2, 0.25) is 0 Å². The third-order valence-corrected chi connectivity index (χ3v) is 6.06. The standard InChI is InChI=1S/C23H20Br2O6/c1-3-29-21(27)23(25,22(28)30-4-2)13-18-19(16-7-5-6-8-17(16)31-18)20(26)14-9-11-15(24)12-10-14/h5-12H,3-4,13H2,1-2H3. The summed E-state index contributed by atoms with van der Waals surface area (Å²) in [5.74, 6) is -1.71. The van der Waals surface area contributed by atoms with Crippen molar-refractivity contribution < 1.29 is 28.3 Å². The van der Waals surface area contributed by atoms with Crippen molar-refractivity contribution in [3.05, 3.63) is 69.9 Å². The summed E-state index contributed by atoms with van der Waals surface area (Å²) in [7, 11) is 0. The molecule has 6 nitrogen and oxygen atoms in total. The molecule has 0 amide bonds.